The number of nitrogens with zero attached hydrogens (tertiary/aromatic N) is 6. The Bertz CT molecular complexity index is 5520. The number of rotatable bonds is 12. The molecule has 0 amide bonds. The van der Waals surface area contributed by atoms with E-state index in [4.69, 9.17) is 0 Å². The summed E-state index contributed by atoms with van der Waals surface area (Å²) in [6, 6.07) is 134. The van der Waals surface area contributed by atoms with Crippen LogP contribution in [0.15, 0.2) is 371 Å². The fourth-order valence-corrected chi connectivity index (χ4v) is 12.5. The molecule has 0 bridgehead atoms. The Balaban J connectivity index is 0.000000190. The zero-order chi connectivity index (χ0) is 76.1. The topological polar surface area (TPSA) is 77.3 Å². The first-order valence-corrected chi connectivity index (χ1v) is 36.9. The molecular weight excluding hydrogens is 2290 g/mol. The molecule has 6 nitrogen and oxygen atoms in total. The fourth-order valence-electron chi connectivity index (χ4n) is 12.5. The van der Waals surface area contributed by atoms with Crippen molar-refractivity contribution >= 4 is 0 Å². The third kappa shape index (κ3) is 26.6. The number of aryl methyl sites for hydroxylation is 7. The minimum absolute atomic E-state index is 0. The van der Waals surface area contributed by atoms with E-state index in [-0.39, 0.29) is 101 Å². The van der Waals surface area contributed by atoms with E-state index in [1.54, 1.807) is 6.20 Å². The molecule has 0 fully saturated rings. The van der Waals surface area contributed by atoms with Crippen LogP contribution in [0.3, 0.4) is 0 Å². The molecule has 0 aliphatic heterocycles. The SMILES string of the molecule is CCc1cc(-c2[c-]cccc2)ncc1-c1ccccc1.Cc1cc(-c2[c-]cccc2)ncc1-c1ccccc1.Cc1cc[c-]c(-c2cc(C)c(-c3cccc(C)c3)cn2)c1.Cc1ccccc1-c1ccc(-c2[c-]cccc2)nc1.Cc1nc(-c2[c-]cccc2)ccc1-c1ccccc1.[Ir].[Ir].[Ir].[Ir].[Ir].[c-]1ccccc1-c1ccccn1. The van der Waals surface area contributed by atoms with Gasteiger partial charge in [-0.3, -0.25) is 0 Å². The summed E-state index contributed by atoms with van der Waals surface area (Å²) in [5.41, 5.74) is 32.7. The van der Waals surface area contributed by atoms with Gasteiger partial charge >= 0.3 is 0 Å². The quantitative estimate of drug-likeness (QED) is 0.113. The maximum Gasteiger partial charge on any atom is 0.0344 e. The van der Waals surface area contributed by atoms with Crippen molar-refractivity contribution in [2.75, 3.05) is 0 Å². The van der Waals surface area contributed by atoms with Gasteiger partial charge in [-0.2, -0.15) is 0 Å². The first-order valence-electron chi connectivity index (χ1n) is 36.9. The summed E-state index contributed by atoms with van der Waals surface area (Å²) in [7, 11) is 0. The summed E-state index contributed by atoms with van der Waals surface area (Å²) in [6.45, 7) is 14.8. The van der Waals surface area contributed by atoms with Crippen molar-refractivity contribution in [3.8, 4) is 123 Å². The van der Waals surface area contributed by atoms with Gasteiger partial charge in [-0.05, 0) is 137 Å². The second-order valence-electron chi connectivity index (χ2n) is 26.3. The summed E-state index contributed by atoms with van der Waals surface area (Å²) in [5, 5.41) is 0. The monoisotopic (exact) mass is 2380 g/mol. The van der Waals surface area contributed by atoms with Crippen LogP contribution in [0.1, 0.15) is 46.0 Å². The Morgan fingerprint density at radius 2 is 0.635 bits per heavy atom. The maximum absolute atomic E-state index is 4.69. The van der Waals surface area contributed by atoms with Crippen molar-refractivity contribution < 1.29 is 101 Å². The molecule has 6 heterocycles. The van der Waals surface area contributed by atoms with Crippen LogP contribution >= 0.6 is 0 Å². The molecule has 11 heteroatoms. The van der Waals surface area contributed by atoms with Crippen LogP contribution < -0.4 is 0 Å². The van der Waals surface area contributed by atoms with Gasteiger partial charge in [0.1, 0.15) is 0 Å². The largest absolute Gasteiger partial charge is 0.305 e. The van der Waals surface area contributed by atoms with Crippen molar-refractivity contribution in [1.29, 1.82) is 0 Å². The van der Waals surface area contributed by atoms with Gasteiger partial charge < -0.3 is 29.9 Å². The van der Waals surface area contributed by atoms with E-state index in [0.717, 1.165) is 85.2 Å². The van der Waals surface area contributed by atoms with Crippen LogP contribution in [-0.4, -0.2) is 29.9 Å². The Hall–Kier alpha value is -10.4. The standard InChI is InChI=1S/C20H18N.C19H16N.3C18H14N.C11H8N.5Ir/c1-14-6-4-8-17(10-14)19-13-21-20(12-16(19)3)18-9-5-7-15(2)11-18;1-2-15-13-19(17-11-7-4-8-12-17)20-14-18(15)16-9-5-3-6-10-16;1-14-12-18(16-10-6-3-7-11-16)19-13-17(14)15-8-4-2-5-9-15;1-14-17(15-8-4-2-5-9-15)12-13-18(19-14)16-10-6-3-7-11-16;1-14-7-5-6-10-17(14)16-11-12-18(19-13-16)15-8-3-2-4-9-15;1-2-6-10(7-3-1)11-8-4-5-9-12-11;;;;;/h4-8,10-13H,1-3H3;3-11,13-14H,2H2,1H3;2*2-10,12-13H,1H3;2-8,10-13H,1H3;1-6,8-9H;;;;;/q6*-1;;;;;. The fraction of sp³-hybridized carbons (Fsp3) is 0.0769. The van der Waals surface area contributed by atoms with E-state index in [0.29, 0.717) is 0 Å². The molecule has 6 aromatic heterocycles. The molecule has 0 saturated carbocycles. The summed E-state index contributed by atoms with van der Waals surface area (Å²) >= 11 is 0. The number of benzene rings is 11. The third-order valence-electron chi connectivity index (χ3n) is 18.3. The Morgan fingerprint density at radius 3 is 1.09 bits per heavy atom. The number of hydrogen-bond acceptors (Lipinski definition) is 6. The summed E-state index contributed by atoms with van der Waals surface area (Å²) in [6.07, 6.45) is 10.6. The molecule has 5 radical (unpaired) electrons. The van der Waals surface area contributed by atoms with E-state index in [2.05, 4.69) is 260 Å². The number of pyridine rings is 6. The van der Waals surface area contributed by atoms with Gasteiger partial charge in [0.05, 0.1) is 0 Å². The minimum Gasteiger partial charge on any atom is -0.305 e. The second-order valence-corrected chi connectivity index (χ2v) is 26.3. The molecule has 0 N–H and O–H groups in total. The zero-order valence-electron chi connectivity index (χ0n) is 64.8. The first kappa shape index (κ1) is 91.7. The van der Waals surface area contributed by atoms with Crippen molar-refractivity contribution in [3.63, 3.8) is 0 Å². The molecule has 17 aromatic rings. The van der Waals surface area contributed by atoms with E-state index in [1.165, 1.54) is 83.5 Å². The Morgan fingerprint density at radius 1 is 0.235 bits per heavy atom. The second kappa shape index (κ2) is 48.1. The zero-order valence-corrected chi connectivity index (χ0v) is 76.8. The van der Waals surface area contributed by atoms with Crippen LogP contribution in [0.25, 0.3) is 123 Å². The van der Waals surface area contributed by atoms with Crippen molar-refractivity contribution in [1.82, 2.24) is 29.9 Å². The van der Waals surface area contributed by atoms with Crippen molar-refractivity contribution in [2.45, 2.75) is 54.9 Å². The van der Waals surface area contributed by atoms with Gasteiger partial charge in [0.25, 0.3) is 0 Å². The van der Waals surface area contributed by atoms with Gasteiger partial charge in [0.15, 0.2) is 0 Å². The van der Waals surface area contributed by atoms with Crippen LogP contribution in [0, 0.1) is 77.9 Å². The smallest absolute Gasteiger partial charge is 0.0344 e. The van der Waals surface area contributed by atoms with Crippen molar-refractivity contribution in [2.24, 2.45) is 0 Å². The predicted octanol–water partition coefficient (Wildman–Crippen LogP) is 26.0. The summed E-state index contributed by atoms with van der Waals surface area (Å²) in [5.74, 6) is 0. The maximum atomic E-state index is 4.69. The average molecular weight is 2380 g/mol. The number of aromatic nitrogens is 6. The van der Waals surface area contributed by atoms with E-state index >= 15 is 0 Å². The van der Waals surface area contributed by atoms with Crippen molar-refractivity contribution in [3.05, 3.63) is 446 Å². The molecule has 581 valence electrons. The first-order chi connectivity index (χ1) is 54.0. The molecule has 0 spiro atoms. The summed E-state index contributed by atoms with van der Waals surface area (Å²) in [4.78, 5) is 27.2. The van der Waals surface area contributed by atoms with Gasteiger partial charge in [0, 0.05) is 159 Å². The molecule has 0 unspecified atom stereocenters. The molecule has 0 aliphatic carbocycles. The van der Waals surface area contributed by atoms with Gasteiger partial charge in [-0.1, -0.05) is 214 Å². The van der Waals surface area contributed by atoms with Crippen LogP contribution in [0.2, 0.25) is 0 Å². The van der Waals surface area contributed by atoms with E-state index in [9.17, 15) is 0 Å². The minimum atomic E-state index is 0. The molecule has 0 saturated heterocycles. The summed E-state index contributed by atoms with van der Waals surface area (Å²) < 4.78 is 0. The normalized spacial score (nSPS) is 9.90. The average Bonchev–Trinajstić information content (AvgIpc) is 0.811. The third-order valence-corrected chi connectivity index (χ3v) is 18.3. The Labute approximate surface area is 747 Å². The molecule has 0 atom stereocenters. The van der Waals surface area contributed by atoms with Gasteiger partial charge in [0.2, 0.25) is 0 Å². The van der Waals surface area contributed by atoms with Crippen LogP contribution in [0.5, 0.6) is 0 Å². The molecule has 115 heavy (non-hydrogen) atoms. The van der Waals surface area contributed by atoms with Gasteiger partial charge in [-0.25, -0.2) is 0 Å². The van der Waals surface area contributed by atoms with E-state index in [1.807, 2.05) is 219 Å². The number of hydrogen-bond donors (Lipinski definition) is 0. The molecular formula is C104H84Ir5N6-6. The molecule has 0 aliphatic rings. The van der Waals surface area contributed by atoms with Crippen LogP contribution in [0.4, 0.5) is 0 Å². The Kier molecular flexibility index (Phi) is 38.3. The predicted molar refractivity (Wildman–Crippen MR) is 456 cm³/mol. The molecule has 11 aromatic carbocycles. The van der Waals surface area contributed by atoms with Crippen LogP contribution in [-0.2, 0) is 107 Å². The van der Waals surface area contributed by atoms with Gasteiger partial charge in [-0.15, -0.1) is 215 Å². The molecule has 17 rings (SSSR count). The van der Waals surface area contributed by atoms with E-state index < -0.39 is 0 Å².